The van der Waals surface area contributed by atoms with Gasteiger partial charge in [-0.05, 0) is 43.7 Å². The summed E-state index contributed by atoms with van der Waals surface area (Å²) in [4.78, 5) is 24.1. The first kappa shape index (κ1) is 17.5. The van der Waals surface area contributed by atoms with Gasteiger partial charge in [-0.1, -0.05) is 24.3 Å². The van der Waals surface area contributed by atoms with Crippen molar-refractivity contribution in [1.29, 1.82) is 0 Å². The van der Waals surface area contributed by atoms with Gasteiger partial charge < -0.3 is 15.4 Å². The van der Waals surface area contributed by atoms with Crippen LogP contribution < -0.4 is 15.4 Å². The maximum Gasteiger partial charge on any atom is 0.313 e. The third-order valence-corrected chi connectivity index (χ3v) is 3.36. The van der Waals surface area contributed by atoms with Crippen molar-refractivity contribution in [2.24, 2.45) is 0 Å². The van der Waals surface area contributed by atoms with E-state index in [0.717, 1.165) is 0 Å². The third-order valence-electron chi connectivity index (χ3n) is 3.36. The van der Waals surface area contributed by atoms with Crippen molar-refractivity contribution in [3.8, 4) is 5.75 Å². The lowest BCUT2D eigenvalue weighted by Gasteiger charge is -2.15. The number of amides is 2. The predicted molar refractivity (Wildman–Crippen MR) is 89.2 cm³/mol. The highest BCUT2D eigenvalue weighted by Gasteiger charge is 2.18. The van der Waals surface area contributed by atoms with Gasteiger partial charge in [0.1, 0.15) is 11.6 Å². The molecule has 0 fully saturated rings. The topological polar surface area (TPSA) is 67.4 Å². The number of hydrogen-bond acceptors (Lipinski definition) is 3. The second kappa shape index (κ2) is 8.10. The summed E-state index contributed by atoms with van der Waals surface area (Å²) in [7, 11) is 0. The number of carbonyl (C=O) groups is 2. The molecule has 0 spiro atoms. The number of hydrogen-bond donors (Lipinski definition) is 2. The van der Waals surface area contributed by atoms with Crippen molar-refractivity contribution in [1.82, 2.24) is 5.32 Å². The molecule has 0 saturated heterocycles. The summed E-state index contributed by atoms with van der Waals surface area (Å²) < 4.78 is 18.3. The van der Waals surface area contributed by atoms with Crippen molar-refractivity contribution in [3.05, 3.63) is 59.9 Å². The SMILES string of the molecule is CCOc1ccccc1NC(=O)C(=O)N[C@@H](C)c1ccc(F)cc1. The fourth-order valence-corrected chi connectivity index (χ4v) is 2.13. The van der Waals surface area contributed by atoms with Gasteiger partial charge in [0.05, 0.1) is 18.3 Å². The molecule has 1 atom stereocenters. The van der Waals surface area contributed by atoms with Gasteiger partial charge in [0.15, 0.2) is 0 Å². The molecule has 0 saturated carbocycles. The van der Waals surface area contributed by atoms with E-state index in [2.05, 4.69) is 10.6 Å². The number of anilines is 1. The van der Waals surface area contributed by atoms with E-state index in [1.54, 1.807) is 43.3 Å². The van der Waals surface area contributed by atoms with Crippen LogP contribution in [0, 0.1) is 5.82 Å². The smallest absolute Gasteiger partial charge is 0.313 e. The number of benzene rings is 2. The highest BCUT2D eigenvalue weighted by atomic mass is 19.1. The molecule has 2 aromatic rings. The van der Waals surface area contributed by atoms with Crippen LogP contribution in [0.3, 0.4) is 0 Å². The van der Waals surface area contributed by atoms with E-state index in [1.165, 1.54) is 12.1 Å². The molecule has 24 heavy (non-hydrogen) atoms. The van der Waals surface area contributed by atoms with Crippen LogP contribution in [-0.4, -0.2) is 18.4 Å². The summed E-state index contributed by atoms with van der Waals surface area (Å²) in [6.45, 7) is 3.99. The van der Waals surface area contributed by atoms with Crippen molar-refractivity contribution >= 4 is 17.5 Å². The van der Waals surface area contributed by atoms with Crippen LogP contribution in [0.25, 0.3) is 0 Å². The number of carbonyl (C=O) groups excluding carboxylic acids is 2. The van der Waals surface area contributed by atoms with Crippen LogP contribution in [0.5, 0.6) is 5.75 Å². The second-order valence-electron chi connectivity index (χ2n) is 5.13. The van der Waals surface area contributed by atoms with E-state index in [9.17, 15) is 14.0 Å². The van der Waals surface area contributed by atoms with Gasteiger partial charge in [-0.25, -0.2) is 4.39 Å². The summed E-state index contributed by atoms with van der Waals surface area (Å²) in [6, 6.07) is 12.2. The van der Waals surface area contributed by atoms with Crippen LogP contribution in [0.2, 0.25) is 0 Å². The zero-order valence-corrected chi connectivity index (χ0v) is 13.5. The highest BCUT2D eigenvalue weighted by Crippen LogP contribution is 2.23. The Morgan fingerprint density at radius 2 is 1.75 bits per heavy atom. The van der Waals surface area contributed by atoms with Crippen LogP contribution in [0.1, 0.15) is 25.5 Å². The first-order valence-corrected chi connectivity index (χ1v) is 7.60. The number of nitrogens with one attached hydrogen (secondary N) is 2. The quantitative estimate of drug-likeness (QED) is 0.828. The maximum atomic E-state index is 12.9. The molecule has 2 aromatic carbocycles. The molecule has 0 heterocycles. The molecule has 5 nitrogen and oxygen atoms in total. The van der Waals surface area contributed by atoms with Gasteiger partial charge in [0.2, 0.25) is 0 Å². The fourth-order valence-electron chi connectivity index (χ4n) is 2.13. The molecule has 0 radical (unpaired) electrons. The first-order valence-electron chi connectivity index (χ1n) is 7.60. The van der Waals surface area contributed by atoms with Gasteiger partial charge in [-0.15, -0.1) is 0 Å². The second-order valence-corrected chi connectivity index (χ2v) is 5.13. The zero-order valence-electron chi connectivity index (χ0n) is 13.5. The Labute approximate surface area is 139 Å². The first-order chi connectivity index (χ1) is 11.5. The average molecular weight is 330 g/mol. The van der Waals surface area contributed by atoms with E-state index in [1.807, 2.05) is 6.92 Å². The Bertz CT molecular complexity index is 716. The fraction of sp³-hybridized carbons (Fsp3) is 0.222. The molecule has 6 heteroatoms. The monoisotopic (exact) mass is 330 g/mol. The van der Waals surface area contributed by atoms with Gasteiger partial charge in [-0.2, -0.15) is 0 Å². The minimum atomic E-state index is -0.795. The molecule has 0 aromatic heterocycles. The summed E-state index contributed by atoms with van der Waals surface area (Å²) in [5, 5.41) is 5.10. The van der Waals surface area contributed by atoms with Crippen molar-refractivity contribution in [2.75, 3.05) is 11.9 Å². The van der Waals surface area contributed by atoms with Crippen molar-refractivity contribution in [2.45, 2.75) is 19.9 Å². The highest BCUT2D eigenvalue weighted by molar-refractivity contribution is 6.39. The third kappa shape index (κ3) is 4.55. The summed E-state index contributed by atoms with van der Waals surface area (Å²) in [6.07, 6.45) is 0. The Kier molecular flexibility index (Phi) is 5.89. The summed E-state index contributed by atoms with van der Waals surface area (Å²) >= 11 is 0. The van der Waals surface area contributed by atoms with Gasteiger partial charge in [-0.3, -0.25) is 9.59 Å². The molecule has 0 aliphatic rings. The van der Waals surface area contributed by atoms with Crippen molar-refractivity contribution < 1.29 is 18.7 Å². The van der Waals surface area contributed by atoms with Crippen LogP contribution >= 0.6 is 0 Å². The Balaban J connectivity index is 1.99. The van der Waals surface area contributed by atoms with E-state index in [0.29, 0.717) is 23.6 Å². The molecule has 126 valence electrons. The predicted octanol–water partition coefficient (Wildman–Crippen LogP) is 3.04. The lowest BCUT2D eigenvalue weighted by molar-refractivity contribution is -0.136. The van der Waals surface area contributed by atoms with Crippen LogP contribution in [-0.2, 0) is 9.59 Å². The van der Waals surface area contributed by atoms with E-state index in [4.69, 9.17) is 4.74 Å². The number of ether oxygens (including phenoxy) is 1. The zero-order chi connectivity index (χ0) is 17.5. The summed E-state index contributed by atoms with van der Waals surface area (Å²) in [5.74, 6) is -1.44. The molecule has 2 N–H and O–H groups in total. The van der Waals surface area contributed by atoms with Crippen LogP contribution in [0.4, 0.5) is 10.1 Å². The lowest BCUT2D eigenvalue weighted by atomic mass is 10.1. The van der Waals surface area contributed by atoms with E-state index >= 15 is 0 Å². The largest absolute Gasteiger partial charge is 0.492 e. The number of rotatable bonds is 5. The molecular weight excluding hydrogens is 311 g/mol. The van der Waals surface area contributed by atoms with Crippen molar-refractivity contribution in [3.63, 3.8) is 0 Å². The minimum absolute atomic E-state index is 0.359. The molecule has 2 rings (SSSR count). The minimum Gasteiger partial charge on any atom is -0.492 e. The van der Waals surface area contributed by atoms with Gasteiger partial charge in [0.25, 0.3) is 0 Å². The molecule has 0 bridgehead atoms. The normalized spacial score (nSPS) is 11.5. The maximum absolute atomic E-state index is 12.9. The lowest BCUT2D eigenvalue weighted by Crippen LogP contribution is -2.37. The van der Waals surface area contributed by atoms with Gasteiger partial charge in [0, 0.05) is 0 Å². The van der Waals surface area contributed by atoms with E-state index in [-0.39, 0.29) is 5.82 Å². The molecular formula is C18H19FN2O3. The number of para-hydroxylation sites is 2. The Morgan fingerprint density at radius 1 is 1.08 bits per heavy atom. The molecule has 2 amide bonds. The molecule has 0 aliphatic carbocycles. The Morgan fingerprint density at radius 3 is 2.42 bits per heavy atom. The average Bonchev–Trinajstić information content (AvgIpc) is 2.57. The standard InChI is InChI=1S/C18H19FN2O3/c1-3-24-16-7-5-4-6-15(16)21-18(23)17(22)20-12(2)13-8-10-14(19)11-9-13/h4-12H,3H2,1-2H3,(H,20,22)(H,21,23)/t12-/m0/s1. The van der Waals surface area contributed by atoms with E-state index < -0.39 is 17.9 Å². The van der Waals surface area contributed by atoms with Crippen LogP contribution in [0.15, 0.2) is 48.5 Å². The van der Waals surface area contributed by atoms with Gasteiger partial charge >= 0.3 is 11.8 Å². The molecule has 0 aliphatic heterocycles. The summed E-state index contributed by atoms with van der Waals surface area (Å²) in [5.41, 5.74) is 1.13. The molecule has 0 unspecified atom stereocenters. The Hall–Kier alpha value is -2.89. The number of halogens is 1.